The molecule has 8 heteroatoms. The van der Waals surface area contributed by atoms with Crippen molar-refractivity contribution >= 4 is 15.9 Å². The molecule has 0 saturated carbocycles. The van der Waals surface area contributed by atoms with Gasteiger partial charge in [0, 0.05) is 13.1 Å². The third kappa shape index (κ3) is 5.17. The largest absolute Gasteiger partial charge is 0.497 e. The van der Waals surface area contributed by atoms with Gasteiger partial charge in [-0.3, -0.25) is 4.79 Å². The van der Waals surface area contributed by atoms with Crippen LogP contribution in [0, 0.1) is 11.7 Å². The first kappa shape index (κ1) is 23.8. The molecule has 1 amide bonds. The number of carbonyl (C=O) groups is 1. The topological polar surface area (TPSA) is 75.7 Å². The highest BCUT2D eigenvalue weighted by Crippen LogP contribution is 2.25. The second-order valence-electron chi connectivity index (χ2n) is 7.20. The number of methoxy groups -OCH3 is 1. The molecule has 0 aliphatic heterocycles. The summed E-state index contributed by atoms with van der Waals surface area (Å²) < 4.78 is 46.4. The highest BCUT2D eigenvalue weighted by molar-refractivity contribution is 7.89. The molecule has 30 heavy (non-hydrogen) atoms. The smallest absolute Gasteiger partial charge is 0.254 e. The summed E-state index contributed by atoms with van der Waals surface area (Å²) >= 11 is 0. The molecule has 2 rings (SSSR count). The quantitative estimate of drug-likeness (QED) is 0.645. The summed E-state index contributed by atoms with van der Waals surface area (Å²) in [5.41, 5.74) is 0.536. The van der Waals surface area contributed by atoms with E-state index in [0.717, 1.165) is 17.7 Å². The number of amides is 1. The van der Waals surface area contributed by atoms with Crippen LogP contribution in [0.15, 0.2) is 47.4 Å². The minimum Gasteiger partial charge on any atom is -0.497 e. The SMILES string of the molecule is CCN(CC)S(=O)(=O)c1ccc(F)c(C(=O)NC(c2ccc(OC)cc2)C(C)C)c1. The number of sulfonamides is 1. The second-order valence-corrected chi connectivity index (χ2v) is 9.14. The van der Waals surface area contributed by atoms with Gasteiger partial charge in [-0.2, -0.15) is 4.31 Å². The zero-order valence-corrected chi connectivity index (χ0v) is 18.8. The van der Waals surface area contributed by atoms with Crippen molar-refractivity contribution in [3.05, 3.63) is 59.4 Å². The molecule has 0 heterocycles. The summed E-state index contributed by atoms with van der Waals surface area (Å²) in [5.74, 6) is -0.734. The minimum absolute atomic E-state index is 0.0213. The molecular formula is C22H29FN2O4S. The van der Waals surface area contributed by atoms with Gasteiger partial charge in [0.1, 0.15) is 11.6 Å². The Kier molecular flexibility index (Phi) is 7.97. The van der Waals surface area contributed by atoms with Crippen LogP contribution in [0.1, 0.15) is 49.7 Å². The van der Waals surface area contributed by atoms with Gasteiger partial charge >= 0.3 is 0 Å². The van der Waals surface area contributed by atoms with Crippen LogP contribution in [0.2, 0.25) is 0 Å². The van der Waals surface area contributed by atoms with E-state index in [1.165, 1.54) is 10.4 Å². The lowest BCUT2D eigenvalue weighted by Gasteiger charge is -2.24. The van der Waals surface area contributed by atoms with Crippen molar-refractivity contribution in [2.75, 3.05) is 20.2 Å². The van der Waals surface area contributed by atoms with E-state index < -0.39 is 21.7 Å². The van der Waals surface area contributed by atoms with Crippen LogP contribution in [-0.2, 0) is 10.0 Å². The first-order valence-corrected chi connectivity index (χ1v) is 11.3. The Morgan fingerprint density at radius 3 is 2.20 bits per heavy atom. The van der Waals surface area contributed by atoms with E-state index in [1.54, 1.807) is 33.1 Å². The molecule has 0 radical (unpaired) electrons. The normalized spacial score (nSPS) is 12.8. The molecule has 0 fully saturated rings. The summed E-state index contributed by atoms with van der Waals surface area (Å²) in [6.45, 7) is 7.88. The Morgan fingerprint density at radius 2 is 1.70 bits per heavy atom. The van der Waals surface area contributed by atoms with E-state index in [-0.39, 0.29) is 35.5 Å². The average Bonchev–Trinajstić information content (AvgIpc) is 2.72. The van der Waals surface area contributed by atoms with Crippen molar-refractivity contribution in [2.24, 2.45) is 5.92 Å². The van der Waals surface area contributed by atoms with Gasteiger partial charge in [-0.25, -0.2) is 12.8 Å². The van der Waals surface area contributed by atoms with E-state index in [9.17, 15) is 17.6 Å². The maximum atomic E-state index is 14.4. The fourth-order valence-electron chi connectivity index (χ4n) is 3.22. The van der Waals surface area contributed by atoms with E-state index in [4.69, 9.17) is 4.74 Å². The second kappa shape index (κ2) is 10.0. The number of nitrogens with zero attached hydrogens (tertiary/aromatic N) is 1. The molecule has 0 saturated heterocycles. The number of rotatable bonds is 9. The van der Waals surface area contributed by atoms with Crippen molar-refractivity contribution in [1.29, 1.82) is 0 Å². The lowest BCUT2D eigenvalue weighted by molar-refractivity contribution is 0.0921. The Hall–Kier alpha value is -2.45. The van der Waals surface area contributed by atoms with E-state index in [1.807, 2.05) is 26.0 Å². The van der Waals surface area contributed by atoms with Gasteiger partial charge < -0.3 is 10.1 Å². The van der Waals surface area contributed by atoms with Crippen molar-refractivity contribution in [3.8, 4) is 5.75 Å². The van der Waals surface area contributed by atoms with E-state index in [0.29, 0.717) is 5.75 Å². The maximum Gasteiger partial charge on any atom is 0.254 e. The molecule has 1 N–H and O–H groups in total. The van der Waals surface area contributed by atoms with E-state index >= 15 is 0 Å². The Bertz CT molecular complexity index is 971. The van der Waals surface area contributed by atoms with E-state index in [2.05, 4.69) is 5.32 Å². The van der Waals surface area contributed by atoms with Crippen LogP contribution in [0.5, 0.6) is 5.75 Å². The van der Waals surface area contributed by atoms with Gasteiger partial charge in [-0.05, 0) is 41.8 Å². The molecule has 0 aliphatic rings. The van der Waals surface area contributed by atoms with Gasteiger partial charge in [0.25, 0.3) is 5.91 Å². The average molecular weight is 437 g/mol. The number of carbonyl (C=O) groups excluding carboxylic acids is 1. The lowest BCUT2D eigenvalue weighted by Crippen LogP contribution is -2.33. The number of ether oxygens (including phenoxy) is 1. The monoisotopic (exact) mass is 436 g/mol. The molecule has 0 bridgehead atoms. The Labute approximate surface area is 178 Å². The summed E-state index contributed by atoms with van der Waals surface area (Å²) in [7, 11) is -2.24. The highest BCUT2D eigenvalue weighted by Gasteiger charge is 2.26. The maximum absolute atomic E-state index is 14.4. The molecule has 0 aliphatic carbocycles. The predicted octanol–water partition coefficient (Wildman–Crippen LogP) is 3.99. The number of hydrogen-bond acceptors (Lipinski definition) is 4. The van der Waals surface area contributed by atoms with Crippen LogP contribution in [-0.4, -0.2) is 38.8 Å². The first-order chi connectivity index (χ1) is 14.1. The Balaban J connectivity index is 2.36. The van der Waals surface area contributed by atoms with Crippen molar-refractivity contribution in [2.45, 2.75) is 38.6 Å². The van der Waals surface area contributed by atoms with Crippen LogP contribution in [0.4, 0.5) is 4.39 Å². The molecule has 2 aromatic carbocycles. The van der Waals surface area contributed by atoms with Crippen LogP contribution < -0.4 is 10.1 Å². The third-order valence-corrected chi connectivity index (χ3v) is 7.00. The Morgan fingerprint density at radius 1 is 1.10 bits per heavy atom. The fourth-order valence-corrected chi connectivity index (χ4v) is 4.70. The summed E-state index contributed by atoms with van der Waals surface area (Å²) in [4.78, 5) is 12.8. The van der Waals surface area contributed by atoms with Crippen LogP contribution >= 0.6 is 0 Å². The lowest BCUT2D eigenvalue weighted by atomic mass is 9.95. The van der Waals surface area contributed by atoms with Crippen molar-refractivity contribution in [1.82, 2.24) is 9.62 Å². The number of hydrogen-bond donors (Lipinski definition) is 1. The first-order valence-electron chi connectivity index (χ1n) is 9.90. The van der Waals surface area contributed by atoms with Crippen molar-refractivity contribution < 1.29 is 22.3 Å². The molecule has 2 aromatic rings. The van der Waals surface area contributed by atoms with Crippen LogP contribution in [0.25, 0.3) is 0 Å². The molecule has 0 aromatic heterocycles. The molecule has 164 valence electrons. The molecule has 6 nitrogen and oxygen atoms in total. The third-order valence-electron chi connectivity index (χ3n) is 4.95. The van der Waals surface area contributed by atoms with Gasteiger partial charge in [-0.1, -0.05) is 39.8 Å². The molecule has 1 unspecified atom stereocenters. The standard InChI is InChI=1S/C22H29FN2O4S/c1-6-25(7-2)30(27,28)18-12-13-20(23)19(14-18)22(26)24-21(15(3)4)16-8-10-17(29-5)11-9-16/h8-15,21H,6-7H2,1-5H3,(H,24,26). The van der Waals surface area contributed by atoms with Gasteiger partial charge in [0.2, 0.25) is 10.0 Å². The number of halogens is 1. The van der Waals surface area contributed by atoms with Crippen molar-refractivity contribution in [3.63, 3.8) is 0 Å². The van der Waals surface area contributed by atoms with Gasteiger partial charge in [-0.15, -0.1) is 0 Å². The minimum atomic E-state index is -3.81. The summed E-state index contributed by atoms with van der Waals surface area (Å²) in [6, 6.07) is 10.2. The zero-order chi connectivity index (χ0) is 22.5. The highest BCUT2D eigenvalue weighted by atomic mass is 32.2. The van der Waals surface area contributed by atoms with Gasteiger partial charge in [0.05, 0.1) is 23.6 Å². The molecule has 0 spiro atoms. The number of nitrogens with one attached hydrogen (secondary N) is 1. The zero-order valence-electron chi connectivity index (χ0n) is 18.0. The number of benzene rings is 2. The van der Waals surface area contributed by atoms with Crippen LogP contribution in [0.3, 0.4) is 0 Å². The predicted molar refractivity (Wildman–Crippen MR) is 115 cm³/mol. The molecular weight excluding hydrogens is 407 g/mol. The fraction of sp³-hybridized carbons (Fsp3) is 0.409. The summed E-state index contributed by atoms with van der Waals surface area (Å²) in [5, 5.41) is 2.84. The van der Waals surface area contributed by atoms with Gasteiger partial charge in [0.15, 0.2) is 0 Å². The molecule has 1 atom stereocenters. The summed E-state index contributed by atoms with van der Waals surface area (Å²) in [6.07, 6.45) is 0.